The van der Waals surface area contributed by atoms with E-state index in [9.17, 15) is 18.3 Å². The summed E-state index contributed by atoms with van der Waals surface area (Å²) in [6.07, 6.45) is -2.95. The molecule has 0 amide bonds. The minimum Gasteiger partial charge on any atom is -0.486 e. The molecule has 5 nitrogen and oxygen atoms in total. The first kappa shape index (κ1) is 19.9. The number of hydrogen-bond donors (Lipinski definition) is 1. The average molecular weight is 407 g/mol. The highest BCUT2D eigenvalue weighted by atomic mass is 19.4. The van der Waals surface area contributed by atoms with E-state index in [1.54, 1.807) is 0 Å². The number of pyridine rings is 2. The lowest BCUT2D eigenvalue weighted by Crippen LogP contribution is -2.42. The number of fused-ring (bicyclic) bond motifs is 1. The number of nitrogens with zero attached hydrogens (tertiary/aromatic N) is 3. The molecule has 29 heavy (non-hydrogen) atoms. The molecule has 2 aromatic rings. The van der Waals surface area contributed by atoms with Crippen LogP contribution in [0.5, 0.6) is 5.75 Å². The van der Waals surface area contributed by atoms with Gasteiger partial charge in [-0.1, -0.05) is 0 Å². The fourth-order valence-corrected chi connectivity index (χ4v) is 4.43. The maximum absolute atomic E-state index is 13.0. The van der Waals surface area contributed by atoms with Crippen molar-refractivity contribution in [2.45, 2.75) is 45.1 Å². The van der Waals surface area contributed by atoms with Crippen molar-refractivity contribution < 1.29 is 23.0 Å². The van der Waals surface area contributed by atoms with E-state index in [2.05, 4.69) is 9.97 Å². The van der Waals surface area contributed by atoms with E-state index < -0.39 is 17.8 Å². The molecule has 0 aromatic carbocycles. The molecule has 2 aliphatic rings. The average Bonchev–Trinajstić information content (AvgIpc) is 3.06. The minimum atomic E-state index is -4.39. The minimum absolute atomic E-state index is 0.207. The molecule has 1 saturated carbocycles. The maximum Gasteiger partial charge on any atom is 0.416 e. The molecule has 0 bridgehead atoms. The van der Waals surface area contributed by atoms with Crippen LogP contribution in [0.15, 0.2) is 30.5 Å². The Bertz CT molecular complexity index is 890. The third-order valence-electron chi connectivity index (χ3n) is 5.94. The smallest absolute Gasteiger partial charge is 0.416 e. The summed E-state index contributed by atoms with van der Waals surface area (Å²) >= 11 is 0. The maximum atomic E-state index is 13.0. The zero-order chi connectivity index (χ0) is 20.8. The van der Waals surface area contributed by atoms with Crippen LogP contribution in [0.25, 0.3) is 0 Å². The first-order valence-corrected chi connectivity index (χ1v) is 9.78. The van der Waals surface area contributed by atoms with Crippen molar-refractivity contribution in [2.24, 2.45) is 11.8 Å². The second-order valence-electron chi connectivity index (χ2n) is 8.06. The van der Waals surface area contributed by atoms with Gasteiger partial charge in [-0.3, -0.25) is 4.98 Å². The molecule has 0 radical (unpaired) electrons. The third-order valence-corrected chi connectivity index (χ3v) is 5.94. The highest BCUT2D eigenvalue weighted by Crippen LogP contribution is 2.40. The Kier molecular flexibility index (Phi) is 5.14. The first-order valence-electron chi connectivity index (χ1n) is 9.78. The number of aliphatic hydroxyl groups excluding tert-OH is 1. The third kappa shape index (κ3) is 4.17. The second kappa shape index (κ2) is 7.48. The van der Waals surface area contributed by atoms with Gasteiger partial charge in [0.15, 0.2) is 0 Å². The number of anilines is 1. The Morgan fingerprint density at radius 1 is 1.10 bits per heavy atom. The van der Waals surface area contributed by atoms with E-state index in [0.29, 0.717) is 37.5 Å². The Labute approximate surface area is 167 Å². The first-order chi connectivity index (χ1) is 13.7. The second-order valence-corrected chi connectivity index (χ2v) is 8.06. The molecule has 1 saturated heterocycles. The van der Waals surface area contributed by atoms with Crippen LogP contribution < -0.4 is 9.64 Å². The zero-order valence-electron chi connectivity index (χ0n) is 16.4. The van der Waals surface area contributed by atoms with Gasteiger partial charge in [0.05, 0.1) is 17.4 Å². The highest BCUT2D eigenvalue weighted by Gasteiger charge is 2.43. The van der Waals surface area contributed by atoms with Crippen molar-refractivity contribution in [2.75, 3.05) is 18.0 Å². The lowest BCUT2D eigenvalue weighted by atomic mass is 9.78. The molecule has 0 spiro atoms. The molecule has 1 aliphatic carbocycles. The number of ether oxygens (including phenoxy) is 1. The van der Waals surface area contributed by atoms with Crippen LogP contribution in [0, 0.1) is 25.7 Å². The molecular formula is C21H24F3N3O2. The van der Waals surface area contributed by atoms with E-state index >= 15 is 0 Å². The largest absolute Gasteiger partial charge is 0.486 e. The Hall–Kier alpha value is -2.35. The quantitative estimate of drug-likeness (QED) is 0.840. The number of alkyl halides is 3. The summed E-state index contributed by atoms with van der Waals surface area (Å²) in [6.45, 7) is 4.98. The molecule has 1 N–H and O–H groups in total. The molecule has 4 rings (SSSR count). The summed E-state index contributed by atoms with van der Waals surface area (Å²) in [7, 11) is 0. The van der Waals surface area contributed by atoms with Crippen LogP contribution in [0.3, 0.4) is 0 Å². The van der Waals surface area contributed by atoms with Crippen molar-refractivity contribution in [1.29, 1.82) is 0 Å². The highest BCUT2D eigenvalue weighted by molar-refractivity contribution is 5.43. The van der Waals surface area contributed by atoms with Crippen LogP contribution in [0.4, 0.5) is 19.0 Å². The van der Waals surface area contributed by atoms with Crippen LogP contribution >= 0.6 is 0 Å². The van der Waals surface area contributed by atoms with E-state index in [1.165, 1.54) is 6.20 Å². The molecule has 2 aromatic heterocycles. The van der Waals surface area contributed by atoms with Crippen LogP contribution in [-0.2, 0) is 6.18 Å². The molecule has 2 fully saturated rings. The van der Waals surface area contributed by atoms with Gasteiger partial charge in [0.25, 0.3) is 0 Å². The van der Waals surface area contributed by atoms with Gasteiger partial charge < -0.3 is 14.7 Å². The van der Waals surface area contributed by atoms with Gasteiger partial charge >= 0.3 is 6.18 Å². The predicted octanol–water partition coefficient (Wildman–Crippen LogP) is 3.77. The molecule has 8 heteroatoms. The Morgan fingerprint density at radius 2 is 1.83 bits per heavy atom. The molecule has 1 aliphatic heterocycles. The van der Waals surface area contributed by atoms with Crippen molar-refractivity contribution in [3.63, 3.8) is 0 Å². The fraction of sp³-hybridized carbons (Fsp3) is 0.524. The molecule has 156 valence electrons. The van der Waals surface area contributed by atoms with Gasteiger partial charge in [0, 0.05) is 25.0 Å². The van der Waals surface area contributed by atoms with Crippen molar-refractivity contribution >= 4 is 5.82 Å². The van der Waals surface area contributed by atoms with E-state index in [0.717, 1.165) is 23.5 Å². The van der Waals surface area contributed by atoms with Crippen LogP contribution in [0.1, 0.15) is 29.8 Å². The summed E-state index contributed by atoms with van der Waals surface area (Å²) in [5, 5.41) is 10.6. The number of aromatic nitrogens is 2. The normalized spacial score (nSPS) is 27.0. The van der Waals surface area contributed by atoms with Crippen LogP contribution in [0.2, 0.25) is 0 Å². The SMILES string of the molecule is Cc1ccc(O[C@@H]2C[C@@H]3CN(c4cc(C(F)(F)F)ccn4)C[C@@H]3C[C@H]2O)c(C)n1. The van der Waals surface area contributed by atoms with Crippen molar-refractivity contribution in [1.82, 2.24) is 9.97 Å². The van der Waals surface area contributed by atoms with Gasteiger partial charge in [0.2, 0.25) is 0 Å². The van der Waals surface area contributed by atoms with E-state index in [1.807, 2.05) is 30.9 Å². The monoisotopic (exact) mass is 407 g/mol. The summed E-state index contributed by atoms with van der Waals surface area (Å²) in [4.78, 5) is 10.4. The molecule has 0 unspecified atom stereocenters. The fourth-order valence-electron chi connectivity index (χ4n) is 4.43. The van der Waals surface area contributed by atoms with Crippen molar-refractivity contribution in [3.05, 3.63) is 47.4 Å². The van der Waals surface area contributed by atoms with E-state index in [-0.39, 0.29) is 17.9 Å². The summed E-state index contributed by atoms with van der Waals surface area (Å²) in [6, 6.07) is 5.82. The summed E-state index contributed by atoms with van der Waals surface area (Å²) in [5.41, 5.74) is 0.987. The van der Waals surface area contributed by atoms with Crippen molar-refractivity contribution in [3.8, 4) is 5.75 Å². The standard InChI is InChI=1S/C21H24F3N3O2/c1-12-3-4-18(13(2)26-12)29-19-8-15-11-27(10-14(15)7-17(19)28)20-9-16(5-6-25-20)21(22,23)24/h3-6,9,14-15,17,19,28H,7-8,10-11H2,1-2H3/t14-,15+,17+,19+/m0/s1. The summed E-state index contributed by atoms with van der Waals surface area (Å²) < 4.78 is 45.1. The van der Waals surface area contributed by atoms with Gasteiger partial charge in [0.1, 0.15) is 17.7 Å². The number of aryl methyl sites for hydroxylation is 2. The van der Waals surface area contributed by atoms with E-state index in [4.69, 9.17) is 4.74 Å². The van der Waals surface area contributed by atoms with Gasteiger partial charge in [-0.2, -0.15) is 13.2 Å². The Morgan fingerprint density at radius 3 is 2.52 bits per heavy atom. The predicted molar refractivity (Wildman–Crippen MR) is 102 cm³/mol. The van der Waals surface area contributed by atoms with Crippen LogP contribution in [-0.4, -0.2) is 40.4 Å². The number of halogens is 3. The number of aliphatic hydroxyl groups is 1. The molecule has 3 heterocycles. The summed E-state index contributed by atoms with van der Waals surface area (Å²) in [5.74, 6) is 1.43. The lowest BCUT2D eigenvalue weighted by molar-refractivity contribution is -0.137. The Balaban J connectivity index is 1.46. The lowest BCUT2D eigenvalue weighted by Gasteiger charge is -2.35. The van der Waals surface area contributed by atoms with Gasteiger partial charge in [-0.25, -0.2) is 4.98 Å². The topological polar surface area (TPSA) is 58.5 Å². The zero-order valence-corrected chi connectivity index (χ0v) is 16.4. The molecular weight excluding hydrogens is 383 g/mol. The number of hydrogen-bond acceptors (Lipinski definition) is 5. The number of rotatable bonds is 3. The van der Waals surface area contributed by atoms with Gasteiger partial charge in [-0.05, 0) is 62.8 Å². The van der Waals surface area contributed by atoms with Gasteiger partial charge in [-0.15, -0.1) is 0 Å². The molecule has 4 atom stereocenters.